The number of rotatable bonds is 3. The van der Waals surface area contributed by atoms with Gasteiger partial charge in [-0.25, -0.2) is 4.39 Å². The number of ether oxygens (including phenoxy) is 1. The predicted molar refractivity (Wildman–Crippen MR) is 77.3 cm³/mol. The molecular formula is C16H13FOS. The average Bonchev–Trinajstić information content (AvgIpc) is 2.78. The highest BCUT2D eigenvalue weighted by Gasteiger charge is 2.03. The van der Waals surface area contributed by atoms with E-state index in [4.69, 9.17) is 4.74 Å². The fraction of sp³-hybridized carbons (Fsp3) is 0.125. The molecule has 3 aromatic rings. The Morgan fingerprint density at radius 2 is 2.00 bits per heavy atom. The van der Waals surface area contributed by atoms with E-state index < -0.39 is 0 Å². The zero-order valence-electron chi connectivity index (χ0n) is 10.5. The van der Waals surface area contributed by atoms with Crippen LogP contribution in [0.4, 0.5) is 4.39 Å². The van der Waals surface area contributed by atoms with E-state index in [9.17, 15) is 4.39 Å². The van der Waals surface area contributed by atoms with Crippen LogP contribution in [-0.4, -0.2) is 0 Å². The number of halogens is 1. The third kappa shape index (κ3) is 2.76. The summed E-state index contributed by atoms with van der Waals surface area (Å²) in [6, 6.07) is 14.8. The van der Waals surface area contributed by atoms with Crippen molar-refractivity contribution in [3.63, 3.8) is 0 Å². The molecule has 19 heavy (non-hydrogen) atoms. The Morgan fingerprint density at radius 3 is 2.84 bits per heavy atom. The zero-order chi connectivity index (χ0) is 13.2. The molecule has 0 aliphatic carbocycles. The summed E-state index contributed by atoms with van der Waals surface area (Å²) >= 11 is 1.71. The minimum atomic E-state index is -0.274. The standard InChI is InChI=1S/C16H13FOS/c1-11-5-6-16-12(7-11)8-15(19-16)10-18-14-4-2-3-13(17)9-14/h2-9H,10H2,1H3. The Morgan fingerprint density at radius 1 is 1.11 bits per heavy atom. The topological polar surface area (TPSA) is 9.23 Å². The third-order valence-electron chi connectivity index (χ3n) is 2.90. The molecular weight excluding hydrogens is 259 g/mol. The van der Waals surface area contributed by atoms with Crippen LogP contribution in [0.25, 0.3) is 10.1 Å². The lowest BCUT2D eigenvalue weighted by Gasteiger charge is -2.03. The van der Waals surface area contributed by atoms with Gasteiger partial charge in [0.05, 0.1) is 0 Å². The van der Waals surface area contributed by atoms with Gasteiger partial charge in [-0.05, 0) is 36.6 Å². The summed E-state index contributed by atoms with van der Waals surface area (Å²) in [6.45, 7) is 2.56. The van der Waals surface area contributed by atoms with Crippen molar-refractivity contribution in [1.82, 2.24) is 0 Å². The number of fused-ring (bicyclic) bond motifs is 1. The first-order valence-corrected chi connectivity index (χ1v) is 6.90. The average molecular weight is 272 g/mol. The van der Waals surface area contributed by atoms with E-state index in [1.807, 2.05) is 0 Å². The Hall–Kier alpha value is -1.87. The van der Waals surface area contributed by atoms with Gasteiger partial charge < -0.3 is 4.74 Å². The minimum Gasteiger partial charge on any atom is -0.488 e. The van der Waals surface area contributed by atoms with Crippen LogP contribution in [0, 0.1) is 12.7 Å². The lowest BCUT2D eigenvalue weighted by Crippen LogP contribution is -1.92. The summed E-state index contributed by atoms with van der Waals surface area (Å²) in [5.74, 6) is 0.290. The molecule has 0 saturated carbocycles. The van der Waals surface area contributed by atoms with Gasteiger partial charge in [0.15, 0.2) is 0 Å². The van der Waals surface area contributed by atoms with Gasteiger partial charge in [-0.3, -0.25) is 0 Å². The molecule has 1 nitrogen and oxygen atoms in total. The molecule has 0 N–H and O–H groups in total. The van der Waals surface area contributed by atoms with Gasteiger partial charge in [0.25, 0.3) is 0 Å². The maximum atomic E-state index is 13.0. The summed E-state index contributed by atoms with van der Waals surface area (Å²) in [7, 11) is 0. The van der Waals surface area contributed by atoms with Gasteiger partial charge in [-0.15, -0.1) is 11.3 Å². The van der Waals surface area contributed by atoms with Crippen LogP contribution in [0.15, 0.2) is 48.5 Å². The number of thiophene rings is 1. The molecule has 0 saturated heterocycles. The summed E-state index contributed by atoms with van der Waals surface area (Å²) < 4.78 is 19.9. The SMILES string of the molecule is Cc1ccc2sc(COc3cccc(F)c3)cc2c1. The van der Waals surface area contributed by atoms with Crippen molar-refractivity contribution in [2.75, 3.05) is 0 Å². The number of benzene rings is 2. The van der Waals surface area contributed by atoms with Crippen molar-refractivity contribution in [2.24, 2.45) is 0 Å². The predicted octanol–water partition coefficient (Wildman–Crippen LogP) is 4.93. The van der Waals surface area contributed by atoms with Crippen molar-refractivity contribution >= 4 is 21.4 Å². The fourth-order valence-electron chi connectivity index (χ4n) is 2.00. The molecule has 2 aromatic carbocycles. The molecule has 1 aromatic heterocycles. The zero-order valence-corrected chi connectivity index (χ0v) is 11.3. The van der Waals surface area contributed by atoms with Crippen molar-refractivity contribution in [3.05, 3.63) is 64.8 Å². The molecule has 0 spiro atoms. The fourth-order valence-corrected chi connectivity index (χ4v) is 2.96. The van der Waals surface area contributed by atoms with E-state index in [1.165, 1.54) is 27.8 Å². The van der Waals surface area contributed by atoms with Crippen LogP contribution >= 0.6 is 11.3 Å². The normalized spacial score (nSPS) is 10.8. The molecule has 0 unspecified atom stereocenters. The molecule has 0 radical (unpaired) electrons. The quantitative estimate of drug-likeness (QED) is 0.657. The second kappa shape index (κ2) is 5.02. The summed E-state index contributed by atoms with van der Waals surface area (Å²) in [5, 5.41) is 1.24. The largest absolute Gasteiger partial charge is 0.488 e. The lowest BCUT2D eigenvalue weighted by atomic mass is 10.2. The highest BCUT2D eigenvalue weighted by Crippen LogP contribution is 2.27. The monoisotopic (exact) mass is 272 g/mol. The summed E-state index contributed by atoms with van der Waals surface area (Å²) in [5.41, 5.74) is 1.25. The van der Waals surface area contributed by atoms with Crippen molar-refractivity contribution in [2.45, 2.75) is 13.5 Å². The Labute approximate surface area is 115 Å². The first-order chi connectivity index (χ1) is 9.20. The Kier molecular flexibility index (Phi) is 3.22. The highest BCUT2D eigenvalue weighted by molar-refractivity contribution is 7.19. The van der Waals surface area contributed by atoms with Crippen LogP contribution in [0.1, 0.15) is 10.4 Å². The van der Waals surface area contributed by atoms with E-state index in [0.29, 0.717) is 12.4 Å². The second-order valence-electron chi connectivity index (χ2n) is 4.50. The maximum Gasteiger partial charge on any atom is 0.126 e. The van der Waals surface area contributed by atoms with Gasteiger partial charge in [-0.2, -0.15) is 0 Å². The van der Waals surface area contributed by atoms with E-state index in [0.717, 1.165) is 4.88 Å². The number of hydrogen-bond donors (Lipinski definition) is 0. The summed E-state index contributed by atoms with van der Waals surface area (Å²) in [6.07, 6.45) is 0. The van der Waals surface area contributed by atoms with Gasteiger partial charge in [-0.1, -0.05) is 23.8 Å². The van der Waals surface area contributed by atoms with Crippen LogP contribution in [0.3, 0.4) is 0 Å². The number of aryl methyl sites for hydroxylation is 1. The van der Waals surface area contributed by atoms with Crippen LogP contribution in [-0.2, 0) is 6.61 Å². The molecule has 3 rings (SSSR count). The maximum absolute atomic E-state index is 13.0. The van der Waals surface area contributed by atoms with E-state index in [1.54, 1.807) is 23.5 Å². The minimum absolute atomic E-state index is 0.274. The smallest absolute Gasteiger partial charge is 0.126 e. The van der Waals surface area contributed by atoms with E-state index in [2.05, 4.69) is 31.2 Å². The Bertz CT molecular complexity index is 718. The van der Waals surface area contributed by atoms with E-state index >= 15 is 0 Å². The first kappa shape index (κ1) is 12.2. The van der Waals surface area contributed by atoms with Gasteiger partial charge >= 0.3 is 0 Å². The van der Waals surface area contributed by atoms with Gasteiger partial charge in [0.1, 0.15) is 18.2 Å². The van der Waals surface area contributed by atoms with Crippen LogP contribution in [0.2, 0.25) is 0 Å². The van der Waals surface area contributed by atoms with Crippen LogP contribution < -0.4 is 4.74 Å². The van der Waals surface area contributed by atoms with Crippen molar-refractivity contribution < 1.29 is 9.13 Å². The molecule has 0 fully saturated rings. The molecule has 0 aliphatic heterocycles. The van der Waals surface area contributed by atoms with Gasteiger partial charge in [0.2, 0.25) is 0 Å². The third-order valence-corrected chi connectivity index (χ3v) is 3.99. The number of hydrogen-bond acceptors (Lipinski definition) is 2. The molecule has 0 amide bonds. The lowest BCUT2D eigenvalue weighted by molar-refractivity contribution is 0.308. The van der Waals surface area contributed by atoms with E-state index in [-0.39, 0.29) is 5.82 Å². The first-order valence-electron chi connectivity index (χ1n) is 6.08. The highest BCUT2D eigenvalue weighted by atomic mass is 32.1. The van der Waals surface area contributed by atoms with Crippen molar-refractivity contribution in [3.8, 4) is 5.75 Å². The van der Waals surface area contributed by atoms with Crippen molar-refractivity contribution in [1.29, 1.82) is 0 Å². The summed E-state index contributed by atoms with van der Waals surface area (Å²) in [4.78, 5) is 1.14. The van der Waals surface area contributed by atoms with Crippen LogP contribution in [0.5, 0.6) is 5.75 Å². The molecule has 0 atom stereocenters. The van der Waals surface area contributed by atoms with Gasteiger partial charge in [0, 0.05) is 15.6 Å². The molecule has 96 valence electrons. The molecule has 0 aliphatic rings. The molecule has 1 heterocycles. The molecule has 3 heteroatoms. The molecule has 0 bridgehead atoms. The second-order valence-corrected chi connectivity index (χ2v) is 5.67. The Balaban J connectivity index is 1.78.